The smallest absolute Gasteiger partial charge is 0.335 e. The molecule has 0 bridgehead atoms. The van der Waals surface area contributed by atoms with Crippen molar-refractivity contribution in [3.05, 3.63) is 96.0 Å². The molecule has 40 heavy (non-hydrogen) atoms. The monoisotopic (exact) mass is 558 g/mol. The Kier molecular flexibility index (Phi) is 7.76. The highest BCUT2D eigenvalue weighted by Gasteiger charge is 2.42. The first-order valence-corrected chi connectivity index (χ1v) is 12.7. The number of ether oxygens (including phenoxy) is 2. The number of pyridine rings is 1. The summed E-state index contributed by atoms with van der Waals surface area (Å²) in [6, 6.07) is 20.4. The van der Waals surface area contributed by atoms with E-state index in [1.807, 2.05) is 41.3 Å². The number of carbonyl (C=O) groups is 2. The minimum absolute atomic E-state index is 0.107. The van der Waals surface area contributed by atoms with Crippen molar-refractivity contribution in [2.75, 3.05) is 31.0 Å². The lowest BCUT2D eigenvalue weighted by atomic mass is 10.0. The second-order valence-electron chi connectivity index (χ2n) is 8.95. The number of rotatable bonds is 9. The fraction of sp³-hybridized carbons (Fsp3) is 0.172. The number of aromatic carboxylic acids is 1. The van der Waals surface area contributed by atoms with Crippen LogP contribution >= 0.6 is 12.2 Å². The van der Waals surface area contributed by atoms with Crippen molar-refractivity contribution in [3.63, 3.8) is 0 Å². The van der Waals surface area contributed by atoms with E-state index in [9.17, 15) is 14.7 Å². The summed E-state index contributed by atoms with van der Waals surface area (Å²) in [4.78, 5) is 30.0. The Bertz CT molecular complexity index is 1540. The number of thiocarbonyl (C=S) groups is 1. The zero-order valence-corrected chi connectivity index (χ0v) is 22.5. The van der Waals surface area contributed by atoms with Gasteiger partial charge >= 0.3 is 5.97 Å². The number of nitrogens with zero attached hydrogens (tertiary/aromatic N) is 2. The molecule has 1 fully saturated rings. The lowest BCUT2D eigenvalue weighted by Crippen LogP contribution is -2.29. The quantitative estimate of drug-likeness (QED) is 0.246. The van der Waals surface area contributed by atoms with Crippen LogP contribution < -0.4 is 20.3 Å². The van der Waals surface area contributed by atoms with E-state index in [2.05, 4.69) is 15.6 Å². The van der Waals surface area contributed by atoms with Crippen molar-refractivity contribution < 1.29 is 28.6 Å². The number of amides is 1. The predicted molar refractivity (Wildman–Crippen MR) is 153 cm³/mol. The van der Waals surface area contributed by atoms with Gasteiger partial charge in [0.1, 0.15) is 29.9 Å². The van der Waals surface area contributed by atoms with Crippen LogP contribution in [0.2, 0.25) is 0 Å². The second-order valence-corrected chi connectivity index (χ2v) is 9.33. The van der Waals surface area contributed by atoms with Crippen molar-refractivity contribution in [1.29, 1.82) is 0 Å². The van der Waals surface area contributed by atoms with Crippen LogP contribution in [0.15, 0.2) is 83.4 Å². The molecular formula is C29H26N4O6S. The number of hydrogen-bond acceptors (Lipinski definition) is 7. The largest absolute Gasteiger partial charge is 0.495 e. The first kappa shape index (κ1) is 26.9. The third kappa shape index (κ3) is 5.37. The van der Waals surface area contributed by atoms with Crippen molar-refractivity contribution in [2.24, 2.45) is 0 Å². The van der Waals surface area contributed by atoms with Gasteiger partial charge in [-0.3, -0.25) is 9.78 Å². The maximum absolute atomic E-state index is 12.3. The number of nitrogens with one attached hydrogen (secondary N) is 2. The van der Waals surface area contributed by atoms with Crippen LogP contribution in [0.1, 0.15) is 33.9 Å². The first-order valence-electron chi connectivity index (χ1n) is 12.3. The topological polar surface area (TPSA) is 126 Å². The van der Waals surface area contributed by atoms with Crippen LogP contribution in [-0.2, 0) is 9.53 Å². The summed E-state index contributed by atoms with van der Waals surface area (Å²) in [6.45, 7) is -0.107. The summed E-state index contributed by atoms with van der Waals surface area (Å²) in [6.07, 6.45) is 1.72. The highest BCUT2D eigenvalue weighted by atomic mass is 32.1. The molecule has 0 aliphatic carbocycles. The number of carboxylic acids is 1. The summed E-state index contributed by atoms with van der Waals surface area (Å²) in [5.41, 5.74) is 2.85. The molecule has 1 aliphatic heterocycles. The van der Waals surface area contributed by atoms with E-state index < -0.39 is 12.0 Å². The van der Waals surface area contributed by atoms with E-state index in [0.717, 1.165) is 11.3 Å². The molecule has 1 aliphatic rings. The van der Waals surface area contributed by atoms with Gasteiger partial charge in [0.05, 0.1) is 30.1 Å². The van der Waals surface area contributed by atoms with Crippen LogP contribution in [0.4, 0.5) is 11.4 Å². The lowest BCUT2D eigenvalue weighted by Gasteiger charge is -2.27. The fourth-order valence-corrected chi connectivity index (χ4v) is 4.97. The maximum Gasteiger partial charge on any atom is 0.335 e. The maximum atomic E-state index is 12.3. The van der Waals surface area contributed by atoms with Crippen LogP contribution in [0.25, 0.3) is 11.3 Å². The number of furan rings is 1. The summed E-state index contributed by atoms with van der Waals surface area (Å²) in [5.74, 6) is 0.345. The Morgan fingerprint density at radius 2 is 1.90 bits per heavy atom. The highest BCUT2D eigenvalue weighted by molar-refractivity contribution is 7.80. The third-order valence-electron chi connectivity index (χ3n) is 6.44. The molecule has 5 rings (SSSR count). The van der Waals surface area contributed by atoms with Gasteiger partial charge in [0.15, 0.2) is 5.11 Å². The Balaban J connectivity index is 1.56. The van der Waals surface area contributed by atoms with Gasteiger partial charge < -0.3 is 34.5 Å². The van der Waals surface area contributed by atoms with Crippen molar-refractivity contribution in [2.45, 2.75) is 12.1 Å². The minimum Gasteiger partial charge on any atom is -0.495 e. The average Bonchev–Trinajstić information content (AvgIpc) is 3.58. The summed E-state index contributed by atoms with van der Waals surface area (Å²) < 4.78 is 16.8. The molecular weight excluding hydrogens is 532 g/mol. The molecule has 204 valence electrons. The molecule has 1 saturated heterocycles. The molecule has 0 spiro atoms. The zero-order chi connectivity index (χ0) is 28.2. The minimum atomic E-state index is -0.997. The average molecular weight is 559 g/mol. The van der Waals surface area contributed by atoms with E-state index >= 15 is 0 Å². The van der Waals surface area contributed by atoms with Crippen LogP contribution in [-0.4, -0.2) is 47.9 Å². The first-order chi connectivity index (χ1) is 19.4. The van der Waals surface area contributed by atoms with Gasteiger partial charge in [-0.1, -0.05) is 18.2 Å². The Hall–Kier alpha value is -4.74. The molecule has 2 aromatic carbocycles. The second kappa shape index (κ2) is 11.6. The van der Waals surface area contributed by atoms with Crippen molar-refractivity contribution in [3.8, 4) is 17.1 Å². The molecule has 0 unspecified atom stereocenters. The molecule has 2 aromatic heterocycles. The van der Waals surface area contributed by atoms with Gasteiger partial charge in [-0.2, -0.15) is 0 Å². The van der Waals surface area contributed by atoms with E-state index in [0.29, 0.717) is 33.8 Å². The van der Waals surface area contributed by atoms with Gasteiger partial charge in [-0.25, -0.2) is 4.79 Å². The van der Waals surface area contributed by atoms with Gasteiger partial charge in [0, 0.05) is 24.6 Å². The number of carbonyl (C=O) groups excluding carboxylic acids is 1. The molecule has 10 nitrogen and oxygen atoms in total. The van der Waals surface area contributed by atoms with Gasteiger partial charge in [-0.05, 0) is 66.8 Å². The van der Waals surface area contributed by atoms with Crippen LogP contribution in [0.3, 0.4) is 0 Å². The van der Waals surface area contributed by atoms with E-state index in [-0.39, 0.29) is 24.1 Å². The van der Waals surface area contributed by atoms with Crippen LogP contribution in [0, 0.1) is 0 Å². The number of benzene rings is 2. The van der Waals surface area contributed by atoms with E-state index in [1.54, 1.807) is 30.5 Å². The number of anilines is 2. The standard InChI is InChI=1S/C29H26N4O6S/c1-37-16-25(34)31-21-15-19(10-11-23(21)38-2)33-27(26(32-29(33)40)20-5-3-4-14-30-20)24-13-12-22(39-24)17-6-8-18(9-7-17)28(35)36/h3-15,26-27H,16H2,1-2H3,(H,31,34)(H,32,40)(H,35,36)/t26-,27+/m1/s1. The molecule has 3 N–H and O–H groups in total. The molecule has 3 heterocycles. The molecule has 0 radical (unpaired) electrons. The summed E-state index contributed by atoms with van der Waals surface area (Å²) in [5, 5.41) is 15.9. The molecule has 2 atom stereocenters. The van der Waals surface area contributed by atoms with E-state index in [4.69, 9.17) is 26.1 Å². The van der Waals surface area contributed by atoms with Gasteiger partial charge in [0.25, 0.3) is 0 Å². The summed E-state index contributed by atoms with van der Waals surface area (Å²) >= 11 is 5.80. The molecule has 11 heteroatoms. The Morgan fingerprint density at radius 1 is 1.10 bits per heavy atom. The highest BCUT2D eigenvalue weighted by Crippen LogP contribution is 2.44. The van der Waals surface area contributed by atoms with Gasteiger partial charge in [0.2, 0.25) is 5.91 Å². The van der Waals surface area contributed by atoms with E-state index in [1.165, 1.54) is 26.4 Å². The Morgan fingerprint density at radius 3 is 2.58 bits per heavy atom. The molecule has 0 saturated carbocycles. The summed E-state index contributed by atoms with van der Waals surface area (Å²) in [7, 11) is 2.97. The number of hydrogen-bond donors (Lipinski definition) is 3. The fourth-order valence-electron chi connectivity index (χ4n) is 4.63. The van der Waals surface area contributed by atoms with Crippen molar-refractivity contribution >= 4 is 40.6 Å². The number of methoxy groups -OCH3 is 2. The normalized spacial score (nSPS) is 16.4. The van der Waals surface area contributed by atoms with Crippen LogP contribution in [0.5, 0.6) is 5.75 Å². The third-order valence-corrected chi connectivity index (χ3v) is 6.76. The number of carboxylic acid groups (broad SMARTS) is 1. The lowest BCUT2D eigenvalue weighted by molar-refractivity contribution is -0.119. The molecule has 4 aromatic rings. The number of aromatic nitrogens is 1. The molecule has 1 amide bonds. The zero-order valence-electron chi connectivity index (χ0n) is 21.7. The van der Waals surface area contributed by atoms with Gasteiger partial charge in [-0.15, -0.1) is 0 Å². The SMILES string of the molecule is COCC(=O)Nc1cc(N2C(=S)N[C@H](c3ccccn3)[C@@H]2c2ccc(-c3ccc(C(=O)O)cc3)o2)ccc1OC. The Labute approximate surface area is 235 Å². The predicted octanol–water partition coefficient (Wildman–Crippen LogP) is 4.81. The van der Waals surface area contributed by atoms with Crippen molar-refractivity contribution in [1.82, 2.24) is 10.3 Å².